The fraction of sp³-hybridized carbons (Fsp3) is 0.608. The lowest BCUT2D eigenvalue weighted by atomic mass is 9.77. The number of thiocarbonyl (C=S) groups is 1. The van der Waals surface area contributed by atoms with E-state index in [2.05, 4.69) is 25.8 Å². The molecule has 73 heavy (non-hydrogen) atoms. The lowest BCUT2D eigenvalue weighted by Crippen LogP contribution is -2.58. The van der Waals surface area contributed by atoms with Crippen LogP contribution in [0.4, 0.5) is 27.7 Å². The van der Waals surface area contributed by atoms with Crippen molar-refractivity contribution < 1.29 is 42.7 Å². The number of amides is 4. The maximum atomic E-state index is 15.5. The first-order valence-electron chi connectivity index (χ1n) is 26.1. The van der Waals surface area contributed by atoms with Crippen molar-refractivity contribution in [3.8, 4) is 0 Å². The molecule has 6 aliphatic heterocycles. The highest BCUT2D eigenvalue weighted by atomic mass is 32.2. The van der Waals surface area contributed by atoms with Gasteiger partial charge in [0.15, 0.2) is 5.82 Å². The topological polar surface area (TPSA) is 221 Å². The van der Waals surface area contributed by atoms with E-state index in [9.17, 15) is 28.8 Å². The SMILES string of the molecule is O=C1CCC(N2Cc3cc(C4CCN(C(=O)COC5CCC(OCC(=O)N6CC(Nc7ccc(N8CCN(c9nc%10c(c(NC%11(CO)CCC%11)n9)[S@+]([O-])CC%10)CC8)nc7)C6)CC5)CC4)c(F)cc3C2=S)C(=O)N1. The van der Waals surface area contributed by atoms with Crippen molar-refractivity contribution in [3.63, 3.8) is 0 Å². The lowest BCUT2D eigenvalue weighted by molar-refractivity contribution is -0.145. The van der Waals surface area contributed by atoms with Crippen LogP contribution in [0.15, 0.2) is 35.4 Å². The zero-order valence-electron chi connectivity index (χ0n) is 41.0. The van der Waals surface area contributed by atoms with Crippen LogP contribution in [0.5, 0.6) is 0 Å². The van der Waals surface area contributed by atoms with Crippen LogP contribution in [0, 0.1) is 5.82 Å². The number of aliphatic hydroxyl groups is 1. The van der Waals surface area contributed by atoms with Gasteiger partial charge in [0.25, 0.3) is 0 Å². The van der Waals surface area contributed by atoms with Crippen molar-refractivity contribution >= 4 is 75.3 Å². The minimum Gasteiger partial charge on any atom is -0.611 e. The Hall–Kier alpha value is -5.26. The summed E-state index contributed by atoms with van der Waals surface area (Å²) in [5, 5.41) is 19.4. The van der Waals surface area contributed by atoms with E-state index in [0.717, 1.165) is 80.8 Å². The van der Waals surface area contributed by atoms with E-state index in [1.54, 1.807) is 14.7 Å². The average Bonchev–Trinajstić information content (AvgIpc) is 3.92. The number of piperidine rings is 2. The molecular weight excluding hydrogens is 978 g/mol. The maximum absolute atomic E-state index is 15.5. The van der Waals surface area contributed by atoms with E-state index >= 15 is 4.39 Å². The minimum absolute atomic E-state index is 0.00525. The molecule has 0 spiro atoms. The summed E-state index contributed by atoms with van der Waals surface area (Å²) < 4.78 is 40.5. The molecular formula is C51H64FN11O8S2. The van der Waals surface area contributed by atoms with E-state index in [4.69, 9.17) is 36.6 Å². The number of carbonyl (C=O) groups is 4. The third kappa shape index (κ3) is 10.6. The molecule has 2 atom stereocenters. The van der Waals surface area contributed by atoms with Crippen molar-refractivity contribution in [2.45, 2.75) is 124 Å². The number of hydrogen-bond donors (Lipinski definition) is 4. The van der Waals surface area contributed by atoms with Gasteiger partial charge >= 0.3 is 0 Å². The number of fused-ring (bicyclic) bond motifs is 2. The van der Waals surface area contributed by atoms with Crippen molar-refractivity contribution in [2.75, 3.05) is 98.4 Å². The molecule has 0 bridgehead atoms. The second-order valence-corrected chi connectivity index (χ2v) is 22.9. The van der Waals surface area contributed by atoms with E-state index in [-0.39, 0.29) is 79.9 Å². The molecule has 4 N–H and O–H groups in total. The van der Waals surface area contributed by atoms with Gasteiger partial charge < -0.3 is 54.3 Å². The van der Waals surface area contributed by atoms with Gasteiger partial charge in [-0.3, -0.25) is 24.5 Å². The first kappa shape index (κ1) is 49.9. The number of anilines is 4. The largest absolute Gasteiger partial charge is 0.611 e. The number of nitrogens with zero attached hydrogens (tertiary/aromatic N) is 8. The smallest absolute Gasteiger partial charge is 0.249 e. The van der Waals surface area contributed by atoms with Crippen LogP contribution >= 0.6 is 12.2 Å². The van der Waals surface area contributed by atoms with Crippen LogP contribution in [-0.2, 0) is 52.8 Å². The third-order valence-electron chi connectivity index (χ3n) is 16.3. The van der Waals surface area contributed by atoms with E-state index in [0.29, 0.717) is 110 Å². The molecule has 390 valence electrons. The molecule has 3 aromatic rings. The number of carbonyl (C=O) groups excluding carboxylic acids is 4. The predicted octanol–water partition coefficient (Wildman–Crippen LogP) is 3.00. The third-order valence-corrected chi connectivity index (χ3v) is 18.3. The van der Waals surface area contributed by atoms with Gasteiger partial charge in [-0.05, 0) is 111 Å². The van der Waals surface area contributed by atoms with Gasteiger partial charge in [0, 0.05) is 77.3 Å². The number of nitrogens with one attached hydrogen (secondary N) is 3. The molecule has 19 nitrogen and oxygen atoms in total. The molecule has 11 rings (SSSR count). The summed E-state index contributed by atoms with van der Waals surface area (Å²) in [5.74, 6) is 1.53. The number of halogens is 1. The molecule has 8 aliphatic rings. The maximum Gasteiger partial charge on any atom is 0.249 e. The van der Waals surface area contributed by atoms with Crippen LogP contribution in [0.1, 0.15) is 98.9 Å². The van der Waals surface area contributed by atoms with Gasteiger partial charge in [0.1, 0.15) is 47.3 Å². The first-order chi connectivity index (χ1) is 35.4. The molecule has 2 saturated carbocycles. The molecule has 8 heterocycles. The predicted molar refractivity (Wildman–Crippen MR) is 273 cm³/mol. The Balaban J connectivity index is 0.557. The number of likely N-dealkylation sites (tertiary alicyclic amines) is 2. The molecule has 2 aromatic heterocycles. The summed E-state index contributed by atoms with van der Waals surface area (Å²) in [5.41, 5.74) is 3.43. The zero-order chi connectivity index (χ0) is 50.4. The van der Waals surface area contributed by atoms with Gasteiger partial charge in [0.05, 0.1) is 42.3 Å². The molecule has 0 radical (unpaired) electrons. The van der Waals surface area contributed by atoms with Crippen LogP contribution in [-0.4, -0.2) is 176 Å². The normalized spacial score (nSPS) is 25.2. The van der Waals surface area contributed by atoms with Gasteiger partial charge in [-0.25, -0.2) is 14.4 Å². The Morgan fingerprint density at radius 3 is 2.25 bits per heavy atom. The summed E-state index contributed by atoms with van der Waals surface area (Å²) >= 11 is 4.50. The second kappa shape index (κ2) is 21.2. The first-order valence-corrected chi connectivity index (χ1v) is 27.8. The monoisotopic (exact) mass is 1040 g/mol. The summed E-state index contributed by atoms with van der Waals surface area (Å²) in [6.45, 7) is 5.54. The Morgan fingerprint density at radius 1 is 0.904 bits per heavy atom. The quantitative estimate of drug-likeness (QED) is 0.0977. The van der Waals surface area contributed by atoms with Gasteiger partial charge in [-0.15, -0.1) is 0 Å². The Labute approximate surface area is 432 Å². The average molecular weight is 1040 g/mol. The Morgan fingerprint density at radius 2 is 1.60 bits per heavy atom. The van der Waals surface area contributed by atoms with E-state index in [1.165, 1.54) is 6.07 Å². The van der Waals surface area contributed by atoms with E-state index in [1.807, 2.05) is 24.4 Å². The fourth-order valence-electron chi connectivity index (χ4n) is 11.7. The van der Waals surface area contributed by atoms with Crippen LogP contribution in [0.2, 0.25) is 0 Å². The summed E-state index contributed by atoms with van der Waals surface area (Å²) in [4.78, 5) is 75.8. The number of piperazine rings is 1. The van der Waals surface area contributed by atoms with E-state index < -0.39 is 22.8 Å². The van der Waals surface area contributed by atoms with Crippen molar-refractivity contribution in [1.82, 2.24) is 35.0 Å². The number of hydrogen-bond acceptors (Lipinski definition) is 16. The number of imide groups is 1. The van der Waals surface area contributed by atoms with Crippen LogP contribution < -0.4 is 25.8 Å². The second-order valence-electron chi connectivity index (χ2n) is 21.0. The Bertz CT molecular complexity index is 2590. The van der Waals surface area contributed by atoms with Crippen LogP contribution in [0.3, 0.4) is 0 Å². The molecule has 1 aromatic carbocycles. The molecule has 6 fully saturated rings. The number of ether oxygens (including phenoxy) is 2. The highest BCUT2D eigenvalue weighted by molar-refractivity contribution is 7.91. The minimum atomic E-state index is -1.14. The summed E-state index contributed by atoms with van der Waals surface area (Å²) in [6.07, 6.45) is 10.0. The van der Waals surface area contributed by atoms with Crippen molar-refractivity contribution in [1.29, 1.82) is 0 Å². The standard InChI is InChI=1S/C51H64FN11O8S2/c52-39-23-38-32(25-63(49(38)72)41-7-9-43(65)56-48(41)68)22-37(39)31-10-15-60(16-11-31)44(66)28-70-35-3-5-36(6-4-35)71-29-45(67)62-26-34(27-62)54-33-2-8-42(53-24-33)59-17-19-61(20-18-59)50-55-40-12-21-73(69)46(40)47(57-50)58-51(30-64)13-1-14-51/h2,8,22-24,31,34-36,41,54,64H,1,3-7,9-21,25-30H2,(H,55,57,58)(H,56,65,68)/t35?,36?,41?,73-/m1/s1. The molecule has 22 heteroatoms. The highest BCUT2D eigenvalue weighted by Crippen LogP contribution is 2.40. The van der Waals surface area contributed by atoms with Crippen LogP contribution in [0.25, 0.3) is 0 Å². The van der Waals surface area contributed by atoms with Crippen molar-refractivity contribution in [2.24, 2.45) is 0 Å². The fourth-order valence-corrected chi connectivity index (χ4v) is 13.4. The number of pyridine rings is 1. The number of benzene rings is 1. The van der Waals surface area contributed by atoms with Gasteiger partial charge in [-0.2, -0.15) is 4.98 Å². The number of aryl methyl sites for hydroxylation is 1. The Kier molecular flexibility index (Phi) is 14.5. The zero-order valence-corrected chi connectivity index (χ0v) is 42.7. The summed E-state index contributed by atoms with van der Waals surface area (Å²) in [6, 6.07) is 6.96. The van der Waals surface area contributed by atoms with Crippen molar-refractivity contribution in [3.05, 3.63) is 58.7 Å². The molecule has 1 unspecified atom stereocenters. The number of aromatic nitrogens is 3. The van der Waals surface area contributed by atoms with Gasteiger partial charge in [-0.1, -0.05) is 18.3 Å². The summed E-state index contributed by atoms with van der Waals surface area (Å²) in [7, 11) is 0. The highest BCUT2D eigenvalue weighted by Gasteiger charge is 2.42. The lowest BCUT2D eigenvalue weighted by Gasteiger charge is -2.41. The molecule has 4 saturated heterocycles. The molecule has 2 aliphatic carbocycles. The molecule has 4 amide bonds. The van der Waals surface area contributed by atoms with Gasteiger partial charge in [0.2, 0.25) is 34.5 Å². The number of aliphatic hydroxyl groups excluding tert-OH is 1. The number of rotatable bonds is 15.